The number of carbonyl (C=O) groups is 2. The lowest BCUT2D eigenvalue weighted by Gasteiger charge is -2.24. The molecule has 136 valence electrons. The molecular weight excluding hydrogens is 344 g/mol. The van der Waals surface area contributed by atoms with E-state index in [0.29, 0.717) is 25.8 Å². The summed E-state index contributed by atoms with van der Waals surface area (Å²) in [6, 6.07) is 18.2. The number of para-hydroxylation sites is 1. The van der Waals surface area contributed by atoms with Crippen LogP contribution in [-0.4, -0.2) is 24.1 Å². The Morgan fingerprint density at radius 1 is 1.12 bits per heavy atom. The number of carbonyl (C=O) groups excluding carboxylic acids is 2. The molecule has 2 N–H and O–H groups in total. The number of nitrogens with one attached hydrogen (secondary N) is 2. The number of hydrogen-bond donors (Lipinski definition) is 2. The van der Waals surface area contributed by atoms with Crippen molar-refractivity contribution >= 4 is 29.3 Å². The molecule has 1 aliphatic heterocycles. The first-order chi connectivity index (χ1) is 12.7. The molecule has 0 aliphatic carbocycles. The van der Waals surface area contributed by atoms with Crippen LogP contribution in [0.2, 0.25) is 0 Å². The molecule has 2 aromatic rings. The summed E-state index contributed by atoms with van der Waals surface area (Å²) in [6.45, 7) is 0.663. The van der Waals surface area contributed by atoms with Crippen LogP contribution in [0.15, 0.2) is 54.6 Å². The minimum Gasteiger partial charge on any atom is -0.355 e. The molecule has 0 bridgehead atoms. The van der Waals surface area contributed by atoms with Gasteiger partial charge in [-0.05, 0) is 30.0 Å². The van der Waals surface area contributed by atoms with E-state index in [2.05, 4.69) is 22.8 Å². The van der Waals surface area contributed by atoms with Crippen molar-refractivity contribution in [1.82, 2.24) is 5.32 Å². The smallest absolute Gasteiger partial charge is 0.227 e. The van der Waals surface area contributed by atoms with Crippen LogP contribution in [-0.2, 0) is 21.8 Å². The lowest BCUT2D eigenvalue weighted by molar-refractivity contribution is -0.122. The van der Waals surface area contributed by atoms with Crippen LogP contribution in [0.5, 0.6) is 0 Å². The Hall–Kier alpha value is -2.27. The summed E-state index contributed by atoms with van der Waals surface area (Å²) in [5.41, 5.74) is 3.34. The van der Waals surface area contributed by atoms with Crippen molar-refractivity contribution in [1.29, 1.82) is 0 Å². The maximum Gasteiger partial charge on any atom is 0.227 e. The molecular formula is C21H24N2O2S. The van der Waals surface area contributed by atoms with E-state index in [0.717, 1.165) is 22.8 Å². The summed E-state index contributed by atoms with van der Waals surface area (Å²) >= 11 is 1.81. The van der Waals surface area contributed by atoms with E-state index in [4.69, 9.17) is 0 Å². The van der Waals surface area contributed by atoms with Crippen molar-refractivity contribution in [2.24, 2.45) is 5.92 Å². The minimum atomic E-state index is -0.122. The molecule has 0 fully saturated rings. The molecule has 0 spiro atoms. The minimum absolute atomic E-state index is 0.0231. The third-order valence-electron chi connectivity index (χ3n) is 4.51. The first kappa shape index (κ1) is 18.5. The summed E-state index contributed by atoms with van der Waals surface area (Å²) in [5, 5.41) is 5.89. The summed E-state index contributed by atoms with van der Waals surface area (Å²) < 4.78 is 0. The van der Waals surface area contributed by atoms with E-state index < -0.39 is 0 Å². The molecule has 1 unspecified atom stereocenters. The van der Waals surface area contributed by atoms with Crippen LogP contribution < -0.4 is 10.6 Å². The molecule has 0 saturated carbocycles. The van der Waals surface area contributed by atoms with Crippen LogP contribution in [0.4, 0.5) is 5.69 Å². The van der Waals surface area contributed by atoms with Gasteiger partial charge in [0.05, 0.1) is 0 Å². The molecule has 1 atom stereocenters. The molecule has 26 heavy (non-hydrogen) atoms. The molecule has 3 rings (SSSR count). The predicted octanol–water partition coefficient (Wildman–Crippen LogP) is 3.63. The number of thioether (sulfide) groups is 1. The standard InChI is InChI=1S/C21H24N2O2S/c24-20(22-12-13-26-15-16-6-2-1-3-7-16)11-10-18-14-17-8-4-5-9-19(17)23-21(18)25/h1-9,18H,10-15H2,(H,22,24)(H,23,25). The zero-order valence-corrected chi connectivity index (χ0v) is 15.6. The average Bonchev–Trinajstić information content (AvgIpc) is 2.67. The topological polar surface area (TPSA) is 58.2 Å². The first-order valence-electron chi connectivity index (χ1n) is 8.99. The zero-order chi connectivity index (χ0) is 18.2. The van der Waals surface area contributed by atoms with Crippen molar-refractivity contribution in [3.05, 3.63) is 65.7 Å². The van der Waals surface area contributed by atoms with E-state index in [9.17, 15) is 9.59 Å². The van der Waals surface area contributed by atoms with E-state index in [1.807, 2.05) is 54.2 Å². The highest BCUT2D eigenvalue weighted by Crippen LogP contribution is 2.27. The number of hydrogen-bond acceptors (Lipinski definition) is 3. The molecule has 0 radical (unpaired) electrons. The SMILES string of the molecule is O=C(CCC1Cc2ccccc2NC1=O)NCCSCc1ccccc1. The number of fused-ring (bicyclic) bond motifs is 1. The van der Waals surface area contributed by atoms with Crippen LogP contribution >= 0.6 is 11.8 Å². The van der Waals surface area contributed by atoms with Gasteiger partial charge in [0.1, 0.15) is 0 Å². The Bertz CT molecular complexity index is 749. The van der Waals surface area contributed by atoms with Crippen LogP contribution in [0.25, 0.3) is 0 Å². The lowest BCUT2D eigenvalue weighted by Crippen LogP contribution is -2.32. The van der Waals surface area contributed by atoms with Crippen molar-refractivity contribution in [2.75, 3.05) is 17.6 Å². The highest BCUT2D eigenvalue weighted by Gasteiger charge is 2.26. The first-order valence-corrected chi connectivity index (χ1v) is 10.1. The second-order valence-electron chi connectivity index (χ2n) is 6.47. The van der Waals surface area contributed by atoms with Gasteiger partial charge in [-0.1, -0.05) is 48.5 Å². The van der Waals surface area contributed by atoms with Gasteiger partial charge in [0.2, 0.25) is 11.8 Å². The van der Waals surface area contributed by atoms with Crippen molar-refractivity contribution in [3.63, 3.8) is 0 Å². The van der Waals surface area contributed by atoms with E-state index in [1.54, 1.807) is 0 Å². The largest absolute Gasteiger partial charge is 0.355 e. The Kier molecular flexibility index (Phi) is 6.72. The van der Waals surface area contributed by atoms with Gasteiger partial charge in [0.15, 0.2) is 0 Å². The monoisotopic (exact) mass is 368 g/mol. The summed E-state index contributed by atoms with van der Waals surface area (Å²) in [4.78, 5) is 24.2. The molecule has 1 heterocycles. The van der Waals surface area contributed by atoms with Gasteiger partial charge >= 0.3 is 0 Å². The van der Waals surface area contributed by atoms with Gasteiger partial charge in [0, 0.05) is 36.1 Å². The highest BCUT2D eigenvalue weighted by atomic mass is 32.2. The number of rotatable bonds is 8. The average molecular weight is 369 g/mol. The zero-order valence-electron chi connectivity index (χ0n) is 14.7. The van der Waals surface area contributed by atoms with E-state index >= 15 is 0 Å². The van der Waals surface area contributed by atoms with Gasteiger partial charge in [-0.15, -0.1) is 0 Å². The maximum atomic E-state index is 12.2. The maximum absolute atomic E-state index is 12.2. The third-order valence-corrected chi connectivity index (χ3v) is 5.54. The van der Waals surface area contributed by atoms with Gasteiger partial charge in [-0.25, -0.2) is 0 Å². The summed E-state index contributed by atoms with van der Waals surface area (Å²) in [6.07, 6.45) is 1.69. The predicted molar refractivity (Wildman–Crippen MR) is 107 cm³/mol. The Balaban J connectivity index is 1.32. The fraction of sp³-hybridized carbons (Fsp3) is 0.333. The third kappa shape index (κ3) is 5.36. The molecule has 2 amide bonds. The van der Waals surface area contributed by atoms with Crippen molar-refractivity contribution in [2.45, 2.75) is 25.0 Å². The Morgan fingerprint density at radius 3 is 2.73 bits per heavy atom. The number of amides is 2. The van der Waals surface area contributed by atoms with Gasteiger partial charge in [0.25, 0.3) is 0 Å². The summed E-state index contributed by atoms with van der Waals surface area (Å²) in [7, 11) is 0. The fourth-order valence-electron chi connectivity index (χ4n) is 3.07. The fourth-order valence-corrected chi connectivity index (χ4v) is 3.89. The summed E-state index contributed by atoms with van der Waals surface area (Å²) in [5.74, 6) is 1.77. The van der Waals surface area contributed by atoms with E-state index in [-0.39, 0.29) is 17.7 Å². The number of anilines is 1. The molecule has 1 aliphatic rings. The molecule has 4 nitrogen and oxygen atoms in total. The molecule has 0 aromatic heterocycles. The van der Waals surface area contributed by atoms with Crippen LogP contribution in [0.1, 0.15) is 24.0 Å². The number of benzene rings is 2. The molecule has 5 heteroatoms. The van der Waals surface area contributed by atoms with Crippen LogP contribution in [0, 0.1) is 5.92 Å². The van der Waals surface area contributed by atoms with E-state index in [1.165, 1.54) is 5.56 Å². The highest BCUT2D eigenvalue weighted by molar-refractivity contribution is 7.98. The molecule has 2 aromatic carbocycles. The van der Waals surface area contributed by atoms with Crippen molar-refractivity contribution < 1.29 is 9.59 Å². The Morgan fingerprint density at radius 2 is 1.88 bits per heavy atom. The van der Waals surface area contributed by atoms with Crippen LogP contribution in [0.3, 0.4) is 0 Å². The van der Waals surface area contributed by atoms with Gasteiger partial charge in [-0.2, -0.15) is 11.8 Å². The quantitative estimate of drug-likeness (QED) is 0.700. The lowest BCUT2D eigenvalue weighted by atomic mass is 9.89. The van der Waals surface area contributed by atoms with Gasteiger partial charge in [-0.3, -0.25) is 9.59 Å². The normalized spacial score (nSPS) is 15.8. The Labute approximate surface area is 158 Å². The van der Waals surface area contributed by atoms with Crippen molar-refractivity contribution in [3.8, 4) is 0 Å². The second kappa shape index (κ2) is 9.43. The molecule has 0 saturated heterocycles. The second-order valence-corrected chi connectivity index (χ2v) is 7.58. The van der Waals surface area contributed by atoms with Gasteiger partial charge < -0.3 is 10.6 Å².